The summed E-state index contributed by atoms with van der Waals surface area (Å²) < 4.78 is 4.88. The second-order valence-electron chi connectivity index (χ2n) is 4.13. The minimum atomic E-state index is -1.17. The van der Waals surface area contributed by atoms with Crippen molar-refractivity contribution in [1.29, 1.82) is 0 Å². The predicted octanol–water partition coefficient (Wildman–Crippen LogP) is 2.31. The number of benzene rings is 1. The zero-order chi connectivity index (χ0) is 12.9. The summed E-state index contributed by atoms with van der Waals surface area (Å²) >= 11 is 3.20. The number of hydrogen-bond donors (Lipinski definition) is 1. The second kappa shape index (κ2) is 6.17. The summed E-state index contributed by atoms with van der Waals surface area (Å²) in [6.45, 7) is 3.67. The smallest absolute Gasteiger partial charge is 0.322 e. The average molecular weight is 301 g/mol. The number of carbonyl (C=O) groups excluding carboxylic acids is 1. The molecule has 0 saturated heterocycles. The number of rotatable bonds is 5. The topological polar surface area (TPSA) is 46.5 Å². The SMILES string of the molecule is CCOC(=O)[C@H](Br)[C@@](C)(O)Cc1ccccc1. The van der Waals surface area contributed by atoms with Gasteiger partial charge in [0.1, 0.15) is 4.83 Å². The first-order chi connectivity index (χ1) is 7.97. The highest BCUT2D eigenvalue weighted by Gasteiger charge is 2.36. The number of hydrogen-bond acceptors (Lipinski definition) is 3. The van der Waals surface area contributed by atoms with Crippen LogP contribution in [0.15, 0.2) is 30.3 Å². The third-order valence-corrected chi connectivity index (χ3v) is 3.80. The largest absolute Gasteiger partial charge is 0.465 e. The van der Waals surface area contributed by atoms with E-state index in [0.29, 0.717) is 13.0 Å². The molecule has 1 aromatic rings. The zero-order valence-corrected chi connectivity index (χ0v) is 11.6. The van der Waals surface area contributed by atoms with Gasteiger partial charge in [0.05, 0.1) is 12.2 Å². The Hall–Kier alpha value is -0.870. The normalized spacial score (nSPS) is 16.0. The molecule has 0 spiro atoms. The highest BCUT2D eigenvalue weighted by atomic mass is 79.9. The fourth-order valence-electron chi connectivity index (χ4n) is 1.57. The lowest BCUT2D eigenvalue weighted by Crippen LogP contribution is -2.43. The minimum absolute atomic E-state index is 0.308. The van der Waals surface area contributed by atoms with Gasteiger partial charge in [0.15, 0.2) is 0 Å². The molecule has 0 aliphatic rings. The molecule has 0 unspecified atom stereocenters. The lowest BCUT2D eigenvalue weighted by molar-refractivity contribution is -0.146. The van der Waals surface area contributed by atoms with E-state index in [1.807, 2.05) is 30.3 Å². The summed E-state index contributed by atoms with van der Waals surface area (Å²) in [6.07, 6.45) is 0.391. The van der Waals surface area contributed by atoms with Gasteiger partial charge in [0, 0.05) is 6.42 Å². The number of carbonyl (C=O) groups is 1. The van der Waals surface area contributed by atoms with Crippen LogP contribution in [0.5, 0.6) is 0 Å². The quantitative estimate of drug-likeness (QED) is 0.670. The van der Waals surface area contributed by atoms with Gasteiger partial charge in [-0.3, -0.25) is 4.79 Å². The summed E-state index contributed by atoms with van der Waals surface area (Å²) in [5, 5.41) is 10.3. The van der Waals surface area contributed by atoms with Crippen molar-refractivity contribution in [2.75, 3.05) is 6.61 Å². The molecule has 0 aliphatic carbocycles. The molecule has 1 aromatic carbocycles. The van der Waals surface area contributed by atoms with Crippen LogP contribution in [0.1, 0.15) is 19.4 Å². The molecular weight excluding hydrogens is 284 g/mol. The summed E-state index contributed by atoms with van der Waals surface area (Å²) in [7, 11) is 0. The molecule has 17 heavy (non-hydrogen) atoms. The van der Waals surface area contributed by atoms with Gasteiger partial charge >= 0.3 is 5.97 Å². The number of alkyl halides is 1. The van der Waals surface area contributed by atoms with Crippen LogP contribution in [-0.4, -0.2) is 28.1 Å². The lowest BCUT2D eigenvalue weighted by atomic mass is 9.93. The fraction of sp³-hybridized carbons (Fsp3) is 0.462. The highest BCUT2D eigenvalue weighted by molar-refractivity contribution is 9.10. The molecule has 1 rings (SSSR count). The first-order valence-electron chi connectivity index (χ1n) is 5.54. The van der Waals surface area contributed by atoms with Crippen LogP contribution >= 0.6 is 15.9 Å². The van der Waals surface area contributed by atoms with Crippen molar-refractivity contribution < 1.29 is 14.6 Å². The molecule has 94 valence electrons. The Balaban J connectivity index is 2.71. The summed E-state index contributed by atoms with van der Waals surface area (Å²) in [5.74, 6) is -0.437. The van der Waals surface area contributed by atoms with Gasteiger partial charge in [-0.2, -0.15) is 0 Å². The first-order valence-corrected chi connectivity index (χ1v) is 6.46. The Morgan fingerprint density at radius 1 is 1.47 bits per heavy atom. The van der Waals surface area contributed by atoms with E-state index in [1.165, 1.54) is 0 Å². The summed E-state index contributed by atoms with van der Waals surface area (Å²) in [5.41, 5.74) is -0.195. The van der Waals surface area contributed by atoms with Gasteiger partial charge < -0.3 is 9.84 Å². The van der Waals surface area contributed by atoms with Crippen LogP contribution in [0, 0.1) is 0 Å². The Kier molecular flexibility index (Phi) is 5.15. The third kappa shape index (κ3) is 4.13. The maximum absolute atomic E-state index is 11.6. The van der Waals surface area contributed by atoms with E-state index >= 15 is 0 Å². The van der Waals surface area contributed by atoms with Gasteiger partial charge in [0.25, 0.3) is 0 Å². The Bertz CT molecular complexity index is 362. The molecule has 3 nitrogen and oxygen atoms in total. The van der Waals surface area contributed by atoms with Crippen molar-refractivity contribution in [2.45, 2.75) is 30.7 Å². The van der Waals surface area contributed by atoms with Gasteiger partial charge in [-0.05, 0) is 19.4 Å². The summed E-state index contributed by atoms with van der Waals surface area (Å²) in [4.78, 5) is 10.8. The minimum Gasteiger partial charge on any atom is -0.465 e. The third-order valence-electron chi connectivity index (χ3n) is 2.44. The predicted molar refractivity (Wildman–Crippen MR) is 70.1 cm³/mol. The van der Waals surface area contributed by atoms with Gasteiger partial charge in [0.2, 0.25) is 0 Å². The van der Waals surface area contributed by atoms with Gasteiger partial charge in [-0.1, -0.05) is 46.3 Å². The molecule has 0 aromatic heterocycles. The van der Waals surface area contributed by atoms with Crippen molar-refractivity contribution in [3.05, 3.63) is 35.9 Å². The Morgan fingerprint density at radius 2 is 2.06 bits per heavy atom. The van der Waals surface area contributed by atoms with E-state index in [1.54, 1.807) is 13.8 Å². The lowest BCUT2D eigenvalue weighted by Gasteiger charge is -2.27. The molecule has 2 atom stereocenters. The number of aliphatic hydroxyl groups is 1. The molecule has 0 radical (unpaired) electrons. The van der Waals surface area contributed by atoms with E-state index in [9.17, 15) is 9.90 Å². The number of halogens is 1. The fourth-order valence-corrected chi connectivity index (χ4v) is 1.86. The van der Waals surface area contributed by atoms with Crippen molar-refractivity contribution in [3.8, 4) is 0 Å². The maximum Gasteiger partial charge on any atom is 0.322 e. The summed E-state index contributed by atoms with van der Waals surface area (Å²) in [6, 6.07) is 9.55. The number of esters is 1. The van der Waals surface area contributed by atoms with E-state index in [0.717, 1.165) is 5.56 Å². The van der Waals surface area contributed by atoms with Crippen molar-refractivity contribution in [3.63, 3.8) is 0 Å². The van der Waals surface area contributed by atoms with Gasteiger partial charge in [-0.15, -0.1) is 0 Å². The van der Waals surface area contributed by atoms with Crippen LogP contribution in [-0.2, 0) is 16.0 Å². The van der Waals surface area contributed by atoms with Crippen LogP contribution < -0.4 is 0 Å². The average Bonchev–Trinajstić information content (AvgIpc) is 2.29. The maximum atomic E-state index is 11.6. The van der Waals surface area contributed by atoms with E-state index in [4.69, 9.17) is 4.74 Å². The monoisotopic (exact) mass is 300 g/mol. The molecule has 0 fully saturated rings. The Morgan fingerprint density at radius 3 is 2.59 bits per heavy atom. The molecule has 0 heterocycles. The van der Waals surface area contributed by atoms with Crippen LogP contribution in [0.25, 0.3) is 0 Å². The molecule has 0 bridgehead atoms. The standard InChI is InChI=1S/C13H17BrO3/c1-3-17-12(15)11(14)13(2,16)9-10-7-5-4-6-8-10/h4-8,11,16H,3,9H2,1-2H3/t11-,13-/m0/s1. The molecule has 1 N–H and O–H groups in total. The first kappa shape index (κ1) is 14.2. The molecule has 0 amide bonds. The molecule has 0 aliphatic heterocycles. The van der Waals surface area contributed by atoms with E-state index in [2.05, 4.69) is 15.9 Å². The van der Waals surface area contributed by atoms with E-state index < -0.39 is 16.4 Å². The number of ether oxygens (including phenoxy) is 1. The van der Waals surface area contributed by atoms with Crippen LogP contribution in [0.2, 0.25) is 0 Å². The highest BCUT2D eigenvalue weighted by Crippen LogP contribution is 2.24. The van der Waals surface area contributed by atoms with Crippen molar-refractivity contribution in [2.24, 2.45) is 0 Å². The van der Waals surface area contributed by atoms with Gasteiger partial charge in [-0.25, -0.2) is 0 Å². The van der Waals surface area contributed by atoms with Crippen molar-refractivity contribution >= 4 is 21.9 Å². The molecular formula is C13H17BrO3. The van der Waals surface area contributed by atoms with Crippen LogP contribution in [0.4, 0.5) is 0 Å². The van der Waals surface area contributed by atoms with Crippen LogP contribution in [0.3, 0.4) is 0 Å². The Labute approximate surface area is 110 Å². The zero-order valence-electron chi connectivity index (χ0n) is 10.0. The van der Waals surface area contributed by atoms with E-state index in [-0.39, 0.29) is 0 Å². The van der Waals surface area contributed by atoms with Crippen molar-refractivity contribution in [1.82, 2.24) is 0 Å². The molecule has 0 saturated carbocycles. The second-order valence-corrected chi connectivity index (χ2v) is 5.05. The molecule has 4 heteroatoms.